The maximum atomic E-state index is 13.7. The van der Waals surface area contributed by atoms with Crippen LogP contribution in [0.25, 0.3) is 0 Å². The van der Waals surface area contributed by atoms with E-state index in [0.29, 0.717) is 12.1 Å². The van der Waals surface area contributed by atoms with E-state index in [-0.39, 0.29) is 29.8 Å². The molecule has 1 aromatic carbocycles. The van der Waals surface area contributed by atoms with Crippen molar-refractivity contribution >= 4 is 29.9 Å². The van der Waals surface area contributed by atoms with Crippen LogP contribution in [0.4, 0.5) is 4.39 Å². The molecule has 0 aliphatic carbocycles. The zero-order valence-electron chi connectivity index (χ0n) is 14.2. The number of hydrogen-bond acceptors (Lipinski definition) is 4. The highest BCUT2D eigenvalue weighted by atomic mass is 127. The van der Waals surface area contributed by atoms with Crippen molar-refractivity contribution in [2.75, 3.05) is 33.2 Å². The van der Waals surface area contributed by atoms with Gasteiger partial charge in [0.05, 0.1) is 5.69 Å². The fourth-order valence-electron chi connectivity index (χ4n) is 2.81. The van der Waals surface area contributed by atoms with Crippen LogP contribution in [0.3, 0.4) is 0 Å². The van der Waals surface area contributed by atoms with Crippen LogP contribution in [0.2, 0.25) is 0 Å². The monoisotopic (exact) mass is 459 g/mol. The van der Waals surface area contributed by atoms with E-state index >= 15 is 0 Å². The lowest BCUT2D eigenvalue weighted by atomic mass is 10.2. The van der Waals surface area contributed by atoms with Crippen LogP contribution in [0.1, 0.15) is 11.3 Å². The van der Waals surface area contributed by atoms with Crippen LogP contribution in [-0.2, 0) is 13.1 Å². The molecule has 0 bridgehead atoms. The summed E-state index contributed by atoms with van der Waals surface area (Å²) in [4.78, 5) is 8.85. The molecular weight excluding hydrogens is 436 g/mol. The lowest BCUT2D eigenvalue weighted by Crippen LogP contribution is -2.52. The molecule has 1 fully saturated rings. The van der Waals surface area contributed by atoms with Crippen molar-refractivity contribution in [3.63, 3.8) is 0 Å². The Bertz CT molecular complexity index is 671. The van der Waals surface area contributed by atoms with Crippen molar-refractivity contribution in [3.05, 3.63) is 53.7 Å². The molecule has 8 heteroatoms. The number of halogens is 2. The van der Waals surface area contributed by atoms with Gasteiger partial charge in [0, 0.05) is 57.9 Å². The summed E-state index contributed by atoms with van der Waals surface area (Å²) in [6.07, 6.45) is 1.60. The molecule has 1 aromatic heterocycles. The average Bonchev–Trinajstić information content (AvgIpc) is 3.11. The predicted molar refractivity (Wildman–Crippen MR) is 105 cm³/mol. The zero-order chi connectivity index (χ0) is 16.8. The van der Waals surface area contributed by atoms with Crippen LogP contribution in [0.5, 0.6) is 0 Å². The van der Waals surface area contributed by atoms with Gasteiger partial charge in [-0.05, 0) is 6.07 Å². The first-order chi connectivity index (χ1) is 11.8. The number of aromatic nitrogens is 1. The number of hydrogen-bond donors (Lipinski definition) is 1. The van der Waals surface area contributed by atoms with Crippen molar-refractivity contribution in [2.24, 2.45) is 4.99 Å². The highest BCUT2D eigenvalue weighted by Gasteiger charge is 2.20. The van der Waals surface area contributed by atoms with Gasteiger partial charge in [-0.15, -0.1) is 24.0 Å². The minimum Gasteiger partial charge on any atom is -0.364 e. The van der Waals surface area contributed by atoms with E-state index in [1.165, 1.54) is 6.07 Å². The molecule has 0 radical (unpaired) electrons. The van der Waals surface area contributed by atoms with Gasteiger partial charge in [-0.25, -0.2) is 4.39 Å². The average molecular weight is 459 g/mol. The van der Waals surface area contributed by atoms with E-state index < -0.39 is 0 Å². The molecule has 0 amide bonds. The highest BCUT2D eigenvalue weighted by molar-refractivity contribution is 14.0. The number of benzene rings is 1. The van der Waals surface area contributed by atoms with E-state index in [9.17, 15) is 4.39 Å². The van der Waals surface area contributed by atoms with E-state index in [1.54, 1.807) is 25.4 Å². The Morgan fingerprint density at radius 3 is 2.64 bits per heavy atom. The summed E-state index contributed by atoms with van der Waals surface area (Å²) in [5.74, 6) is 0.609. The van der Waals surface area contributed by atoms with Crippen molar-refractivity contribution in [3.8, 4) is 0 Å². The summed E-state index contributed by atoms with van der Waals surface area (Å²) in [7, 11) is 1.76. The van der Waals surface area contributed by atoms with Gasteiger partial charge in [0.15, 0.2) is 5.96 Å². The van der Waals surface area contributed by atoms with Gasteiger partial charge in [-0.3, -0.25) is 9.89 Å². The molecule has 2 heterocycles. The molecule has 0 saturated carbocycles. The lowest BCUT2D eigenvalue weighted by Gasteiger charge is -2.36. The van der Waals surface area contributed by atoms with Crippen LogP contribution in [-0.4, -0.2) is 54.1 Å². The number of aliphatic imine (C=N–C) groups is 1. The van der Waals surface area contributed by atoms with Crippen molar-refractivity contribution in [2.45, 2.75) is 13.1 Å². The minimum atomic E-state index is -0.196. The van der Waals surface area contributed by atoms with E-state index in [1.807, 2.05) is 12.1 Å². The van der Waals surface area contributed by atoms with Crippen molar-refractivity contribution in [1.82, 2.24) is 20.3 Å². The SMILES string of the molecule is CN=C(NCc1ccccc1F)N1CCN(Cc2ccon2)CC1.I. The topological polar surface area (TPSA) is 56.9 Å². The Balaban J connectivity index is 0.00000225. The molecule has 6 nitrogen and oxygen atoms in total. The third kappa shape index (κ3) is 5.40. The fraction of sp³-hybridized carbons (Fsp3) is 0.412. The number of rotatable bonds is 4. The van der Waals surface area contributed by atoms with E-state index in [2.05, 4.69) is 25.3 Å². The smallest absolute Gasteiger partial charge is 0.194 e. The van der Waals surface area contributed by atoms with Gasteiger partial charge in [-0.1, -0.05) is 23.4 Å². The number of nitrogens with zero attached hydrogens (tertiary/aromatic N) is 4. The molecule has 1 N–H and O–H groups in total. The Hall–Kier alpha value is -1.68. The van der Waals surface area contributed by atoms with Gasteiger partial charge >= 0.3 is 0 Å². The maximum absolute atomic E-state index is 13.7. The molecule has 1 aliphatic rings. The van der Waals surface area contributed by atoms with E-state index in [4.69, 9.17) is 4.52 Å². The molecular formula is C17H23FIN5O. The van der Waals surface area contributed by atoms with Crippen molar-refractivity contribution < 1.29 is 8.91 Å². The van der Waals surface area contributed by atoms with Gasteiger partial charge < -0.3 is 14.7 Å². The highest BCUT2D eigenvalue weighted by Crippen LogP contribution is 2.09. The first kappa shape index (κ1) is 19.6. The third-order valence-corrected chi connectivity index (χ3v) is 4.16. The van der Waals surface area contributed by atoms with Crippen LogP contribution in [0, 0.1) is 5.82 Å². The van der Waals surface area contributed by atoms with Crippen LogP contribution in [0.15, 0.2) is 46.1 Å². The second-order valence-electron chi connectivity index (χ2n) is 5.75. The fourth-order valence-corrected chi connectivity index (χ4v) is 2.81. The summed E-state index contributed by atoms with van der Waals surface area (Å²) >= 11 is 0. The minimum absolute atomic E-state index is 0. The summed E-state index contributed by atoms with van der Waals surface area (Å²) in [5, 5.41) is 7.20. The van der Waals surface area contributed by atoms with Gasteiger partial charge in [0.2, 0.25) is 0 Å². The van der Waals surface area contributed by atoms with Crippen LogP contribution < -0.4 is 5.32 Å². The summed E-state index contributed by atoms with van der Waals surface area (Å²) in [6, 6.07) is 8.68. The quantitative estimate of drug-likeness (QED) is 0.432. The van der Waals surface area contributed by atoms with Crippen LogP contribution >= 0.6 is 24.0 Å². The molecule has 0 spiro atoms. The maximum Gasteiger partial charge on any atom is 0.194 e. The second kappa shape index (κ2) is 9.71. The number of piperazine rings is 1. The molecule has 0 unspecified atom stereocenters. The first-order valence-corrected chi connectivity index (χ1v) is 8.07. The van der Waals surface area contributed by atoms with Gasteiger partial charge in [-0.2, -0.15) is 0 Å². The molecule has 1 aliphatic heterocycles. The summed E-state index contributed by atoms with van der Waals surface area (Å²) in [5.41, 5.74) is 1.59. The van der Waals surface area contributed by atoms with E-state index in [0.717, 1.165) is 44.4 Å². The zero-order valence-corrected chi connectivity index (χ0v) is 16.5. The van der Waals surface area contributed by atoms with Gasteiger partial charge in [0.25, 0.3) is 0 Å². The molecule has 0 atom stereocenters. The first-order valence-electron chi connectivity index (χ1n) is 8.07. The number of nitrogens with one attached hydrogen (secondary N) is 1. The lowest BCUT2D eigenvalue weighted by molar-refractivity contribution is 0.169. The molecule has 1 saturated heterocycles. The van der Waals surface area contributed by atoms with Crippen molar-refractivity contribution in [1.29, 1.82) is 0 Å². The molecule has 136 valence electrons. The Labute approximate surface area is 164 Å². The summed E-state index contributed by atoms with van der Waals surface area (Å²) < 4.78 is 18.6. The predicted octanol–water partition coefficient (Wildman–Crippen LogP) is 2.32. The number of guanidine groups is 1. The Morgan fingerprint density at radius 1 is 1.24 bits per heavy atom. The third-order valence-electron chi connectivity index (χ3n) is 4.16. The standard InChI is InChI=1S/C17H22FN5O.HI/c1-19-17(20-12-14-4-2-3-5-16(14)18)23-9-7-22(8-10-23)13-15-6-11-24-21-15;/h2-6,11H,7-10,12-13H2,1H3,(H,19,20);1H. The van der Waals surface area contributed by atoms with Gasteiger partial charge in [0.1, 0.15) is 12.1 Å². The largest absolute Gasteiger partial charge is 0.364 e. The molecule has 2 aromatic rings. The summed E-state index contributed by atoms with van der Waals surface area (Å²) in [6.45, 7) is 4.81. The second-order valence-corrected chi connectivity index (χ2v) is 5.75. The molecule has 25 heavy (non-hydrogen) atoms. The normalized spacial score (nSPS) is 15.8. The Kier molecular flexibility index (Phi) is 7.63. The Morgan fingerprint density at radius 2 is 2.00 bits per heavy atom. The molecule has 3 rings (SSSR count).